The van der Waals surface area contributed by atoms with E-state index in [1.54, 1.807) is 26.8 Å². The first kappa shape index (κ1) is 16.2. The predicted molar refractivity (Wildman–Crippen MR) is 84.9 cm³/mol. The molecule has 1 atom stereocenters. The molecule has 0 spiro atoms. The molecule has 0 saturated carbocycles. The summed E-state index contributed by atoms with van der Waals surface area (Å²) in [5, 5.41) is 3.50. The summed E-state index contributed by atoms with van der Waals surface area (Å²) in [4.78, 5) is 27.4. The Hall–Kier alpha value is -2.14. The van der Waals surface area contributed by atoms with Gasteiger partial charge in [0.25, 0.3) is 0 Å². The summed E-state index contributed by atoms with van der Waals surface area (Å²) in [6, 6.07) is 8.21. The molecule has 5 nitrogen and oxygen atoms in total. The first-order valence-electron chi connectivity index (χ1n) is 6.80. The summed E-state index contributed by atoms with van der Waals surface area (Å²) in [5.74, 6) is 0. The molecule has 0 radical (unpaired) electrons. The summed E-state index contributed by atoms with van der Waals surface area (Å²) in [6.45, 7) is 5.23. The molecule has 1 unspecified atom stereocenters. The number of ether oxygens (including phenoxy) is 1. The monoisotopic (exact) mass is 320 g/mol. The molecule has 0 saturated heterocycles. The molecule has 0 aliphatic rings. The van der Waals surface area contributed by atoms with Gasteiger partial charge in [-0.15, -0.1) is 0 Å². The molecule has 1 aromatic carbocycles. The molecule has 0 bridgehead atoms. The molecule has 0 fully saturated rings. The van der Waals surface area contributed by atoms with E-state index in [1.165, 1.54) is 0 Å². The third-order valence-electron chi connectivity index (χ3n) is 2.85. The zero-order valence-corrected chi connectivity index (χ0v) is 13.3. The number of carbonyl (C=O) groups excluding carboxylic acids is 2. The van der Waals surface area contributed by atoms with Gasteiger partial charge in [-0.1, -0.05) is 29.8 Å². The number of halogens is 1. The zero-order chi connectivity index (χ0) is 16.3. The number of aromatic nitrogens is 1. The molecular weight excluding hydrogens is 304 g/mol. The van der Waals surface area contributed by atoms with Crippen LogP contribution in [0.25, 0.3) is 10.9 Å². The van der Waals surface area contributed by atoms with Crippen molar-refractivity contribution in [1.29, 1.82) is 0 Å². The average Bonchev–Trinajstić information content (AvgIpc) is 2.42. The maximum atomic E-state index is 11.8. The number of hydrogen-bond acceptors (Lipinski definition) is 4. The smallest absolute Gasteiger partial charge is 0.408 e. The number of benzene rings is 1. The van der Waals surface area contributed by atoms with Crippen LogP contribution >= 0.6 is 11.6 Å². The number of para-hydroxylation sites is 1. The maximum Gasteiger partial charge on any atom is 0.408 e. The second-order valence-electron chi connectivity index (χ2n) is 5.82. The second kappa shape index (κ2) is 6.32. The fourth-order valence-electron chi connectivity index (χ4n) is 1.95. The summed E-state index contributed by atoms with van der Waals surface area (Å²) in [7, 11) is 0. The molecule has 1 aromatic heterocycles. The summed E-state index contributed by atoms with van der Waals surface area (Å²) < 4.78 is 5.15. The van der Waals surface area contributed by atoms with Gasteiger partial charge in [0.2, 0.25) is 0 Å². The van der Waals surface area contributed by atoms with E-state index in [0.717, 1.165) is 10.9 Å². The van der Waals surface area contributed by atoms with Crippen LogP contribution in [-0.2, 0) is 9.53 Å². The number of aldehydes is 1. The first-order valence-corrected chi connectivity index (χ1v) is 7.18. The van der Waals surface area contributed by atoms with E-state index in [-0.39, 0.29) is 5.15 Å². The zero-order valence-electron chi connectivity index (χ0n) is 12.6. The molecule has 0 aliphatic heterocycles. The largest absolute Gasteiger partial charge is 0.444 e. The van der Waals surface area contributed by atoms with Crippen LogP contribution in [-0.4, -0.2) is 23.0 Å². The molecule has 6 heteroatoms. The quantitative estimate of drug-likeness (QED) is 0.692. The minimum absolute atomic E-state index is 0.173. The number of amides is 1. The van der Waals surface area contributed by atoms with E-state index in [1.807, 2.05) is 24.3 Å². The van der Waals surface area contributed by atoms with E-state index >= 15 is 0 Å². The SMILES string of the molecule is CC(C)(C)OC(=O)NC(C=O)c1cc2ccccc2nc1Cl. The summed E-state index contributed by atoms with van der Waals surface area (Å²) in [5.41, 5.74) is 0.502. The number of hydrogen-bond donors (Lipinski definition) is 1. The van der Waals surface area contributed by atoms with Crippen molar-refractivity contribution in [3.63, 3.8) is 0 Å². The van der Waals surface area contributed by atoms with E-state index in [9.17, 15) is 9.59 Å². The maximum absolute atomic E-state index is 11.8. The predicted octanol–water partition coefficient (Wildman–Crippen LogP) is 3.65. The highest BCUT2D eigenvalue weighted by molar-refractivity contribution is 6.30. The van der Waals surface area contributed by atoms with Gasteiger partial charge in [-0.2, -0.15) is 0 Å². The van der Waals surface area contributed by atoms with Crippen molar-refractivity contribution in [3.8, 4) is 0 Å². The van der Waals surface area contributed by atoms with Gasteiger partial charge < -0.3 is 14.8 Å². The molecule has 22 heavy (non-hydrogen) atoms. The molecule has 2 rings (SSSR count). The Morgan fingerprint density at radius 3 is 2.68 bits per heavy atom. The van der Waals surface area contributed by atoms with Crippen molar-refractivity contribution in [1.82, 2.24) is 10.3 Å². The van der Waals surface area contributed by atoms with Gasteiger partial charge in [0, 0.05) is 10.9 Å². The van der Waals surface area contributed by atoms with Crippen LogP contribution in [0.1, 0.15) is 32.4 Å². The number of fused-ring (bicyclic) bond motifs is 1. The Labute approximate surface area is 133 Å². The third kappa shape index (κ3) is 3.95. The van der Waals surface area contributed by atoms with Gasteiger partial charge in [0.15, 0.2) is 0 Å². The highest BCUT2D eigenvalue weighted by Crippen LogP contribution is 2.25. The van der Waals surface area contributed by atoms with E-state index in [0.29, 0.717) is 11.8 Å². The van der Waals surface area contributed by atoms with Crippen molar-refractivity contribution in [2.75, 3.05) is 0 Å². The lowest BCUT2D eigenvalue weighted by atomic mass is 10.1. The minimum atomic E-state index is -0.917. The van der Waals surface area contributed by atoms with Gasteiger partial charge >= 0.3 is 6.09 Å². The fraction of sp³-hybridized carbons (Fsp3) is 0.312. The fourth-order valence-corrected chi connectivity index (χ4v) is 2.21. The lowest BCUT2D eigenvalue weighted by molar-refractivity contribution is -0.109. The number of carbonyl (C=O) groups is 2. The van der Waals surface area contributed by atoms with Crippen LogP contribution in [0.2, 0.25) is 5.15 Å². The molecule has 0 aliphatic carbocycles. The standard InChI is InChI=1S/C16H17ClN2O3/c1-16(2,3)22-15(21)19-13(9-20)11-8-10-6-4-5-7-12(10)18-14(11)17/h4-9,13H,1-3H3,(H,19,21). The first-order chi connectivity index (χ1) is 10.3. The van der Waals surface area contributed by atoms with Crippen molar-refractivity contribution < 1.29 is 14.3 Å². The van der Waals surface area contributed by atoms with Crippen LogP contribution in [0.3, 0.4) is 0 Å². The molecule has 1 N–H and O–H groups in total. The Morgan fingerprint density at radius 1 is 1.36 bits per heavy atom. The average molecular weight is 321 g/mol. The van der Waals surface area contributed by atoms with Crippen LogP contribution in [0, 0.1) is 0 Å². The Balaban J connectivity index is 2.29. The van der Waals surface area contributed by atoms with Crippen LogP contribution < -0.4 is 5.32 Å². The van der Waals surface area contributed by atoms with E-state index in [2.05, 4.69) is 10.3 Å². The van der Waals surface area contributed by atoms with Crippen molar-refractivity contribution in [2.45, 2.75) is 32.4 Å². The number of nitrogens with one attached hydrogen (secondary N) is 1. The van der Waals surface area contributed by atoms with E-state index < -0.39 is 17.7 Å². The minimum Gasteiger partial charge on any atom is -0.444 e. The van der Waals surface area contributed by atoms with Crippen molar-refractivity contribution in [3.05, 3.63) is 41.0 Å². The number of nitrogens with zero attached hydrogens (tertiary/aromatic N) is 1. The summed E-state index contributed by atoms with van der Waals surface area (Å²) >= 11 is 6.13. The highest BCUT2D eigenvalue weighted by atomic mass is 35.5. The van der Waals surface area contributed by atoms with Crippen LogP contribution in [0.5, 0.6) is 0 Å². The van der Waals surface area contributed by atoms with Crippen LogP contribution in [0.15, 0.2) is 30.3 Å². The molecule has 2 aromatic rings. The lowest BCUT2D eigenvalue weighted by Crippen LogP contribution is -2.35. The van der Waals surface area contributed by atoms with Gasteiger partial charge in [0.1, 0.15) is 23.1 Å². The lowest BCUT2D eigenvalue weighted by Gasteiger charge is -2.22. The van der Waals surface area contributed by atoms with Gasteiger partial charge in [-0.25, -0.2) is 9.78 Å². The third-order valence-corrected chi connectivity index (χ3v) is 3.15. The Bertz CT molecular complexity index is 710. The Morgan fingerprint density at radius 2 is 2.05 bits per heavy atom. The van der Waals surface area contributed by atoms with Gasteiger partial charge in [-0.3, -0.25) is 0 Å². The van der Waals surface area contributed by atoms with Crippen molar-refractivity contribution >= 4 is 34.9 Å². The molecule has 1 amide bonds. The highest BCUT2D eigenvalue weighted by Gasteiger charge is 2.22. The number of alkyl carbamates (subject to hydrolysis) is 1. The summed E-state index contributed by atoms with van der Waals surface area (Å²) in [6.07, 6.45) is -0.0875. The van der Waals surface area contributed by atoms with Crippen molar-refractivity contribution in [2.24, 2.45) is 0 Å². The Kier molecular flexibility index (Phi) is 4.66. The van der Waals surface area contributed by atoms with Gasteiger partial charge in [0.05, 0.1) is 5.52 Å². The van der Waals surface area contributed by atoms with Crippen LogP contribution in [0.4, 0.5) is 4.79 Å². The normalized spacial score (nSPS) is 12.7. The second-order valence-corrected chi connectivity index (χ2v) is 6.18. The topological polar surface area (TPSA) is 68.3 Å². The number of pyridine rings is 1. The molecular formula is C16H17ClN2O3. The van der Waals surface area contributed by atoms with E-state index in [4.69, 9.17) is 16.3 Å². The molecule has 1 heterocycles. The molecule has 116 valence electrons. The van der Waals surface area contributed by atoms with Gasteiger partial charge in [-0.05, 0) is 32.9 Å². The number of rotatable bonds is 3.